The Hall–Kier alpha value is -3.11. The minimum atomic E-state index is -4.39. The molecule has 0 radical (unpaired) electrons. The van der Waals surface area contributed by atoms with Gasteiger partial charge in [-0.3, -0.25) is 0 Å². The summed E-state index contributed by atoms with van der Waals surface area (Å²) in [6.07, 6.45) is -2.24. The molecule has 30 heavy (non-hydrogen) atoms. The number of nitrogens with one attached hydrogen (secondary N) is 1. The fraction of sp³-hybridized carbons (Fsp3) is 0.368. The molecular weight excluding hydrogens is 409 g/mol. The van der Waals surface area contributed by atoms with E-state index in [2.05, 4.69) is 25.5 Å². The van der Waals surface area contributed by atoms with Crippen LogP contribution in [-0.2, 0) is 11.7 Å². The molecule has 4 rings (SSSR count). The number of anilines is 1. The minimum Gasteiger partial charge on any atom is -0.415 e. The molecule has 1 aromatic carbocycles. The van der Waals surface area contributed by atoms with E-state index >= 15 is 0 Å². The number of nitrogens with zero attached hydrogens (tertiary/aromatic N) is 4. The summed E-state index contributed by atoms with van der Waals surface area (Å²) in [6, 6.07) is 5.01. The van der Waals surface area contributed by atoms with Crippen LogP contribution in [0.1, 0.15) is 50.1 Å². The predicted octanol–water partition coefficient (Wildman–Crippen LogP) is 5.61. The highest BCUT2D eigenvalue weighted by Crippen LogP contribution is 2.44. The van der Waals surface area contributed by atoms with Gasteiger partial charge in [-0.15, -0.1) is 10.2 Å². The van der Waals surface area contributed by atoms with Gasteiger partial charge in [0, 0.05) is 12.4 Å². The molecule has 0 unspecified atom stereocenters. The van der Waals surface area contributed by atoms with Crippen LogP contribution in [0.5, 0.6) is 0 Å². The maximum Gasteiger partial charge on any atom is 0.416 e. The lowest BCUT2D eigenvalue weighted by Gasteiger charge is -2.43. The molecule has 1 aliphatic rings. The van der Waals surface area contributed by atoms with Crippen molar-refractivity contribution in [1.29, 1.82) is 0 Å². The SMILES string of the molecule is C.FC(F)c1nnc(-c2cnc(NC3(c4ccc(C(F)(F)F)cc4)CCC3)nc2)o1. The van der Waals surface area contributed by atoms with Crippen molar-refractivity contribution >= 4 is 5.95 Å². The second-order valence-electron chi connectivity index (χ2n) is 6.68. The van der Waals surface area contributed by atoms with Crippen LogP contribution in [0.2, 0.25) is 0 Å². The molecule has 0 spiro atoms. The van der Waals surface area contributed by atoms with Gasteiger partial charge in [-0.05, 0) is 37.0 Å². The Kier molecular flexibility index (Phi) is 5.73. The van der Waals surface area contributed by atoms with Crippen molar-refractivity contribution in [1.82, 2.24) is 20.2 Å². The van der Waals surface area contributed by atoms with Gasteiger partial charge in [-0.2, -0.15) is 22.0 Å². The highest BCUT2D eigenvalue weighted by atomic mass is 19.4. The number of alkyl halides is 5. The minimum absolute atomic E-state index is 0. The van der Waals surface area contributed by atoms with Gasteiger partial charge < -0.3 is 9.73 Å². The van der Waals surface area contributed by atoms with Crippen molar-refractivity contribution in [3.05, 3.63) is 53.7 Å². The second-order valence-corrected chi connectivity index (χ2v) is 6.68. The fourth-order valence-corrected chi connectivity index (χ4v) is 3.15. The molecule has 0 aliphatic heterocycles. The normalized spacial score (nSPS) is 15.4. The van der Waals surface area contributed by atoms with Crippen molar-refractivity contribution in [2.24, 2.45) is 0 Å². The summed E-state index contributed by atoms with van der Waals surface area (Å²) >= 11 is 0. The molecule has 2 aromatic heterocycles. The zero-order valence-electron chi connectivity index (χ0n) is 14.7. The lowest BCUT2D eigenvalue weighted by Crippen LogP contribution is -2.42. The van der Waals surface area contributed by atoms with Crippen molar-refractivity contribution in [3.8, 4) is 11.5 Å². The maximum atomic E-state index is 12.8. The zero-order chi connectivity index (χ0) is 20.6. The van der Waals surface area contributed by atoms with Crippen LogP contribution in [0.15, 0.2) is 41.1 Å². The first kappa shape index (κ1) is 21.6. The molecular formula is C19H18F5N5O. The third-order valence-electron chi connectivity index (χ3n) is 4.85. The standard InChI is InChI=1S/C18H14F5N5O.CH4/c19-13(20)15-28-27-14(29-15)10-8-24-16(25-9-10)26-17(6-1-7-17)11-2-4-12(5-3-11)18(21,22)23;/h2-5,8-9,13H,1,6-7H2,(H,24,25,26);1H4. The van der Waals surface area contributed by atoms with E-state index in [1.165, 1.54) is 24.5 Å². The summed E-state index contributed by atoms with van der Waals surface area (Å²) in [6.45, 7) is 0. The van der Waals surface area contributed by atoms with Gasteiger partial charge in [0.15, 0.2) is 0 Å². The summed E-state index contributed by atoms with van der Waals surface area (Å²) < 4.78 is 68.3. The average Bonchev–Trinajstić information content (AvgIpc) is 3.15. The molecule has 3 aromatic rings. The van der Waals surface area contributed by atoms with Crippen molar-refractivity contribution < 1.29 is 26.4 Å². The van der Waals surface area contributed by atoms with Crippen LogP contribution < -0.4 is 5.32 Å². The molecule has 11 heteroatoms. The first-order chi connectivity index (χ1) is 13.8. The van der Waals surface area contributed by atoms with Gasteiger partial charge >= 0.3 is 12.6 Å². The number of rotatable bonds is 5. The van der Waals surface area contributed by atoms with Gasteiger partial charge in [0.2, 0.25) is 5.95 Å². The molecule has 1 saturated carbocycles. The van der Waals surface area contributed by atoms with Gasteiger partial charge in [0.05, 0.1) is 16.7 Å². The smallest absolute Gasteiger partial charge is 0.415 e. The third-order valence-corrected chi connectivity index (χ3v) is 4.85. The van der Waals surface area contributed by atoms with E-state index in [4.69, 9.17) is 4.42 Å². The summed E-state index contributed by atoms with van der Waals surface area (Å²) in [5, 5.41) is 9.95. The quantitative estimate of drug-likeness (QED) is 0.534. The van der Waals surface area contributed by atoms with Crippen LogP contribution in [0.25, 0.3) is 11.5 Å². The Morgan fingerprint density at radius 3 is 2.10 bits per heavy atom. The third kappa shape index (κ3) is 4.10. The molecule has 0 saturated heterocycles. The Balaban J connectivity index is 0.00000256. The Morgan fingerprint density at radius 2 is 1.63 bits per heavy atom. The van der Waals surface area contributed by atoms with Crippen molar-refractivity contribution in [2.75, 3.05) is 5.32 Å². The molecule has 1 aliphatic carbocycles. The first-order valence-electron chi connectivity index (χ1n) is 8.67. The molecule has 1 fully saturated rings. The highest BCUT2D eigenvalue weighted by molar-refractivity contribution is 5.51. The number of benzene rings is 1. The highest BCUT2D eigenvalue weighted by Gasteiger charge is 2.40. The largest absolute Gasteiger partial charge is 0.416 e. The number of halogens is 5. The van der Waals surface area contributed by atoms with E-state index in [1.807, 2.05) is 0 Å². The molecule has 0 atom stereocenters. The Labute approximate surface area is 168 Å². The predicted molar refractivity (Wildman–Crippen MR) is 97.6 cm³/mol. The van der Waals surface area contributed by atoms with Gasteiger partial charge in [0.25, 0.3) is 11.8 Å². The summed E-state index contributed by atoms with van der Waals surface area (Å²) in [5.41, 5.74) is -0.284. The molecule has 0 amide bonds. The second kappa shape index (κ2) is 7.96. The fourth-order valence-electron chi connectivity index (χ4n) is 3.15. The summed E-state index contributed by atoms with van der Waals surface area (Å²) in [4.78, 5) is 8.28. The van der Waals surface area contributed by atoms with Gasteiger partial charge in [0.1, 0.15) is 0 Å². The van der Waals surface area contributed by atoms with E-state index in [-0.39, 0.29) is 24.8 Å². The summed E-state index contributed by atoms with van der Waals surface area (Å²) in [5.74, 6) is -0.673. The van der Waals surface area contributed by atoms with Crippen molar-refractivity contribution in [2.45, 2.75) is 44.8 Å². The van der Waals surface area contributed by atoms with E-state index in [9.17, 15) is 22.0 Å². The molecule has 0 bridgehead atoms. The lowest BCUT2D eigenvalue weighted by atomic mass is 9.71. The van der Waals surface area contributed by atoms with Crippen molar-refractivity contribution in [3.63, 3.8) is 0 Å². The van der Waals surface area contributed by atoms with Crippen LogP contribution in [0.4, 0.5) is 27.9 Å². The Morgan fingerprint density at radius 1 is 1.00 bits per heavy atom. The van der Waals surface area contributed by atoms with Crippen LogP contribution in [-0.4, -0.2) is 20.2 Å². The van der Waals surface area contributed by atoms with Gasteiger partial charge in [-0.1, -0.05) is 19.6 Å². The zero-order valence-corrected chi connectivity index (χ0v) is 14.7. The van der Waals surface area contributed by atoms with E-state index in [0.29, 0.717) is 18.4 Å². The van der Waals surface area contributed by atoms with E-state index in [1.54, 1.807) is 0 Å². The topological polar surface area (TPSA) is 76.7 Å². The van der Waals surface area contributed by atoms with E-state index in [0.717, 1.165) is 18.6 Å². The number of hydrogen-bond donors (Lipinski definition) is 1. The first-order valence-corrected chi connectivity index (χ1v) is 8.67. The van der Waals surface area contributed by atoms with Crippen LogP contribution >= 0.6 is 0 Å². The maximum absolute atomic E-state index is 12.8. The Bertz CT molecular complexity index is 982. The molecule has 160 valence electrons. The average molecular weight is 427 g/mol. The van der Waals surface area contributed by atoms with Crippen LogP contribution in [0, 0.1) is 0 Å². The van der Waals surface area contributed by atoms with Crippen LogP contribution in [0.3, 0.4) is 0 Å². The number of aromatic nitrogens is 4. The lowest BCUT2D eigenvalue weighted by molar-refractivity contribution is -0.137. The number of hydrogen-bond acceptors (Lipinski definition) is 6. The molecule has 6 nitrogen and oxygen atoms in total. The molecule has 2 heterocycles. The monoisotopic (exact) mass is 427 g/mol. The summed E-state index contributed by atoms with van der Waals surface area (Å²) in [7, 11) is 0. The van der Waals surface area contributed by atoms with E-state index < -0.39 is 29.6 Å². The van der Waals surface area contributed by atoms with Gasteiger partial charge in [-0.25, -0.2) is 9.97 Å². The molecule has 1 N–H and O–H groups in total.